The molecule has 1 unspecified atom stereocenters. The third-order valence-corrected chi connectivity index (χ3v) is 4.03. The first-order chi connectivity index (χ1) is 9.92. The molecule has 0 amide bonds. The fraction of sp³-hybridized carbons (Fsp3) is 0.467. The number of hydrogen-bond acceptors (Lipinski definition) is 3. The van der Waals surface area contributed by atoms with E-state index in [1.807, 2.05) is 38.1 Å². The van der Waals surface area contributed by atoms with Crippen molar-refractivity contribution >= 4 is 22.7 Å². The second kappa shape index (κ2) is 6.75. The third-order valence-electron chi connectivity index (χ3n) is 3.29. The van der Waals surface area contributed by atoms with Crippen LogP contribution in [0.5, 0.6) is 0 Å². The van der Waals surface area contributed by atoms with Crippen molar-refractivity contribution in [1.29, 1.82) is 0 Å². The zero-order chi connectivity index (χ0) is 15.5. The van der Waals surface area contributed by atoms with E-state index < -0.39 is 5.51 Å². The van der Waals surface area contributed by atoms with Crippen LogP contribution < -0.4 is 5.32 Å². The van der Waals surface area contributed by atoms with E-state index in [0.29, 0.717) is 0 Å². The summed E-state index contributed by atoms with van der Waals surface area (Å²) in [7, 11) is 0. The van der Waals surface area contributed by atoms with E-state index >= 15 is 0 Å². The van der Waals surface area contributed by atoms with Crippen LogP contribution in [0.2, 0.25) is 0 Å². The van der Waals surface area contributed by atoms with Gasteiger partial charge in [0.15, 0.2) is 0 Å². The molecule has 0 bridgehead atoms. The maximum Gasteiger partial charge on any atom is 0.441 e. The largest absolute Gasteiger partial charge is 0.459 e. The van der Waals surface area contributed by atoms with Crippen LogP contribution in [0, 0.1) is 0 Å². The van der Waals surface area contributed by atoms with Gasteiger partial charge in [0.25, 0.3) is 0 Å². The predicted octanol–water partition coefficient (Wildman–Crippen LogP) is 4.90. The Morgan fingerprint density at radius 3 is 2.67 bits per heavy atom. The summed E-state index contributed by atoms with van der Waals surface area (Å²) < 4.78 is 42.1. The number of para-hydroxylation sites is 1. The molecule has 1 aromatic heterocycles. The van der Waals surface area contributed by atoms with Crippen molar-refractivity contribution in [2.24, 2.45) is 0 Å². The lowest BCUT2D eigenvalue weighted by Gasteiger charge is -2.13. The number of rotatable bonds is 6. The van der Waals surface area contributed by atoms with Crippen LogP contribution in [0.4, 0.5) is 13.2 Å². The predicted molar refractivity (Wildman–Crippen MR) is 80.5 cm³/mol. The van der Waals surface area contributed by atoms with Gasteiger partial charge in [-0.2, -0.15) is 13.2 Å². The maximum atomic E-state index is 12.1. The molecule has 116 valence electrons. The van der Waals surface area contributed by atoms with Crippen molar-refractivity contribution in [2.45, 2.75) is 31.8 Å². The van der Waals surface area contributed by atoms with E-state index in [1.54, 1.807) is 0 Å². The summed E-state index contributed by atoms with van der Waals surface area (Å²) in [6.45, 7) is 4.24. The molecule has 6 heteroatoms. The Morgan fingerprint density at radius 2 is 2.00 bits per heavy atom. The van der Waals surface area contributed by atoms with E-state index in [9.17, 15) is 13.2 Å². The summed E-state index contributed by atoms with van der Waals surface area (Å²) >= 11 is -0.00739. The van der Waals surface area contributed by atoms with E-state index in [2.05, 4.69) is 5.32 Å². The first kappa shape index (κ1) is 16.2. The van der Waals surface area contributed by atoms with E-state index in [4.69, 9.17) is 4.42 Å². The second-order valence-corrected chi connectivity index (χ2v) is 5.92. The van der Waals surface area contributed by atoms with Gasteiger partial charge in [-0.3, -0.25) is 0 Å². The van der Waals surface area contributed by atoms with E-state index in [0.717, 1.165) is 28.7 Å². The quantitative estimate of drug-likeness (QED) is 0.767. The van der Waals surface area contributed by atoms with Crippen molar-refractivity contribution in [1.82, 2.24) is 5.32 Å². The highest BCUT2D eigenvalue weighted by molar-refractivity contribution is 8.00. The Balaban J connectivity index is 2.04. The molecule has 0 aliphatic carbocycles. The number of halogens is 3. The van der Waals surface area contributed by atoms with Gasteiger partial charge in [0.1, 0.15) is 11.3 Å². The topological polar surface area (TPSA) is 25.2 Å². The molecule has 0 saturated carbocycles. The molecule has 0 saturated heterocycles. The molecule has 2 aromatic rings. The minimum atomic E-state index is -4.17. The highest BCUT2D eigenvalue weighted by Gasteiger charge is 2.27. The lowest BCUT2D eigenvalue weighted by atomic mass is 10.1. The number of benzene rings is 1. The van der Waals surface area contributed by atoms with Gasteiger partial charge in [0.2, 0.25) is 0 Å². The number of hydrogen-bond donors (Lipinski definition) is 1. The summed E-state index contributed by atoms with van der Waals surface area (Å²) in [6, 6.07) is 7.67. The third kappa shape index (κ3) is 4.17. The molecule has 21 heavy (non-hydrogen) atoms. The number of aryl methyl sites for hydroxylation is 1. The van der Waals surface area contributed by atoms with Gasteiger partial charge in [0, 0.05) is 23.2 Å². The normalized spacial score (nSPS) is 13.8. The van der Waals surface area contributed by atoms with Gasteiger partial charge < -0.3 is 9.73 Å². The fourth-order valence-electron chi connectivity index (χ4n) is 2.37. The fourth-order valence-corrected chi connectivity index (χ4v) is 2.82. The van der Waals surface area contributed by atoms with Crippen molar-refractivity contribution < 1.29 is 17.6 Å². The van der Waals surface area contributed by atoms with Gasteiger partial charge in [-0.1, -0.05) is 25.1 Å². The molecule has 0 fully saturated rings. The molecule has 0 radical (unpaired) electrons. The molecule has 1 aromatic carbocycles. The van der Waals surface area contributed by atoms with Crippen molar-refractivity contribution in [3.63, 3.8) is 0 Å². The van der Waals surface area contributed by atoms with Crippen LogP contribution in [0.25, 0.3) is 11.0 Å². The molecule has 0 aliphatic heterocycles. The van der Waals surface area contributed by atoms with Gasteiger partial charge in [0.05, 0.1) is 6.04 Å². The van der Waals surface area contributed by atoms with Crippen LogP contribution in [0.15, 0.2) is 28.7 Å². The molecule has 2 rings (SSSR count). The Morgan fingerprint density at radius 1 is 1.29 bits per heavy atom. The maximum absolute atomic E-state index is 12.1. The minimum Gasteiger partial charge on any atom is -0.459 e. The van der Waals surface area contributed by atoms with Crippen LogP contribution in [0.1, 0.15) is 31.2 Å². The molecule has 1 heterocycles. The second-order valence-electron chi connectivity index (χ2n) is 4.76. The first-order valence-corrected chi connectivity index (χ1v) is 7.85. The van der Waals surface area contributed by atoms with Gasteiger partial charge in [-0.15, -0.1) is 0 Å². The smallest absolute Gasteiger partial charge is 0.441 e. The molecule has 0 spiro atoms. The highest BCUT2D eigenvalue weighted by Crippen LogP contribution is 2.31. The molecule has 2 nitrogen and oxygen atoms in total. The highest BCUT2D eigenvalue weighted by atomic mass is 32.2. The Labute approximate surface area is 126 Å². The van der Waals surface area contributed by atoms with Crippen LogP contribution in [0.3, 0.4) is 0 Å². The molecule has 1 N–H and O–H groups in total. The van der Waals surface area contributed by atoms with Crippen molar-refractivity contribution in [2.75, 3.05) is 12.3 Å². The standard InChI is InChI=1S/C15H18F3NOS/c1-3-11-12-6-4-5-7-13(12)20-14(11)10(2)19-8-9-21-15(16,17)18/h4-7,10,19H,3,8-9H2,1-2H3. The average Bonchev–Trinajstić information content (AvgIpc) is 2.81. The summed E-state index contributed by atoms with van der Waals surface area (Å²) in [6.07, 6.45) is 0.829. The molecule has 0 aliphatic rings. The average molecular weight is 317 g/mol. The number of nitrogens with one attached hydrogen (secondary N) is 1. The zero-order valence-electron chi connectivity index (χ0n) is 12.0. The lowest BCUT2D eigenvalue weighted by molar-refractivity contribution is -0.0327. The van der Waals surface area contributed by atoms with Crippen LogP contribution in [-0.4, -0.2) is 17.8 Å². The number of thioether (sulfide) groups is 1. The van der Waals surface area contributed by atoms with Gasteiger partial charge in [-0.25, -0.2) is 0 Å². The first-order valence-electron chi connectivity index (χ1n) is 6.86. The Bertz CT molecular complexity index is 594. The van der Waals surface area contributed by atoms with Crippen molar-refractivity contribution in [3.8, 4) is 0 Å². The number of fused-ring (bicyclic) bond motifs is 1. The number of alkyl halides is 3. The summed E-state index contributed by atoms with van der Waals surface area (Å²) in [5.41, 5.74) is -2.23. The van der Waals surface area contributed by atoms with Crippen molar-refractivity contribution in [3.05, 3.63) is 35.6 Å². The molecular formula is C15H18F3NOS. The minimum absolute atomic E-state index is 0.00444. The number of furan rings is 1. The molecule has 1 atom stereocenters. The van der Waals surface area contributed by atoms with E-state index in [1.165, 1.54) is 0 Å². The SMILES string of the molecule is CCc1c(C(C)NCCSC(F)(F)F)oc2ccccc12. The van der Waals surface area contributed by atoms with E-state index in [-0.39, 0.29) is 30.1 Å². The van der Waals surface area contributed by atoms with Crippen LogP contribution in [-0.2, 0) is 6.42 Å². The lowest BCUT2D eigenvalue weighted by Crippen LogP contribution is -2.22. The van der Waals surface area contributed by atoms with Crippen LogP contribution >= 0.6 is 11.8 Å². The summed E-state index contributed by atoms with van der Waals surface area (Å²) in [5.74, 6) is 0.811. The monoisotopic (exact) mass is 317 g/mol. The van der Waals surface area contributed by atoms with Gasteiger partial charge >= 0.3 is 5.51 Å². The Kier molecular flexibility index (Phi) is 5.22. The summed E-state index contributed by atoms with van der Waals surface area (Å²) in [4.78, 5) is 0. The summed E-state index contributed by atoms with van der Waals surface area (Å²) in [5, 5.41) is 4.17. The molecular weight excluding hydrogens is 299 g/mol. The Hall–Kier alpha value is -1.14. The zero-order valence-corrected chi connectivity index (χ0v) is 12.8. The van der Waals surface area contributed by atoms with Gasteiger partial charge in [-0.05, 0) is 31.2 Å².